The van der Waals surface area contributed by atoms with Crippen LogP contribution in [0.4, 0.5) is 5.13 Å². The van der Waals surface area contributed by atoms with E-state index >= 15 is 0 Å². The third-order valence-corrected chi connectivity index (χ3v) is 7.96. The fourth-order valence-electron chi connectivity index (χ4n) is 4.67. The monoisotopic (exact) mass is 451 g/mol. The molecule has 0 aliphatic carbocycles. The van der Waals surface area contributed by atoms with Crippen LogP contribution in [0, 0.1) is 0 Å². The smallest absolute Gasteiger partial charge is 0.186 e. The van der Waals surface area contributed by atoms with E-state index < -0.39 is 0 Å². The van der Waals surface area contributed by atoms with Crippen LogP contribution in [-0.2, 0) is 6.42 Å². The van der Waals surface area contributed by atoms with Gasteiger partial charge in [-0.1, -0.05) is 55.9 Å². The molecule has 3 atom stereocenters. The zero-order chi connectivity index (χ0) is 22.7. The lowest BCUT2D eigenvalue weighted by Gasteiger charge is -2.42. The molecule has 6 heteroatoms. The Bertz CT molecular complexity index is 1030. The number of nitrogens with one attached hydrogen (secondary N) is 2. The molecule has 0 amide bonds. The van der Waals surface area contributed by atoms with Crippen LogP contribution >= 0.6 is 11.3 Å². The van der Waals surface area contributed by atoms with E-state index in [1.165, 1.54) is 29.3 Å². The molecule has 3 heterocycles. The quantitative estimate of drug-likeness (QED) is 0.450. The molecule has 3 aromatic rings. The van der Waals surface area contributed by atoms with Gasteiger partial charge in [0.25, 0.3) is 0 Å². The maximum absolute atomic E-state index is 4.76. The second kappa shape index (κ2) is 10.1. The SMILES string of the molecule is C=C(NC(CCCC)Cc1c[nH]c2ccccc12)c1cnc(N2C[C@@H](C)N(C)[C@@H](C)C2)s1. The van der Waals surface area contributed by atoms with Crippen molar-refractivity contribution in [1.29, 1.82) is 0 Å². The number of fused-ring (bicyclic) bond motifs is 1. The second-order valence-electron chi connectivity index (χ2n) is 9.30. The summed E-state index contributed by atoms with van der Waals surface area (Å²) in [7, 11) is 2.22. The summed E-state index contributed by atoms with van der Waals surface area (Å²) in [6.45, 7) is 13.3. The maximum atomic E-state index is 4.76. The first-order chi connectivity index (χ1) is 15.5. The number of thiazole rings is 1. The summed E-state index contributed by atoms with van der Waals surface area (Å²) in [6, 6.07) is 9.97. The third kappa shape index (κ3) is 5.02. The fourth-order valence-corrected chi connectivity index (χ4v) is 5.54. The molecular formula is C26H37N5S. The Morgan fingerprint density at radius 1 is 1.28 bits per heavy atom. The van der Waals surface area contributed by atoms with Crippen molar-refractivity contribution in [3.05, 3.63) is 53.7 Å². The summed E-state index contributed by atoms with van der Waals surface area (Å²) in [5.41, 5.74) is 3.57. The van der Waals surface area contributed by atoms with Crippen molar-refractivity contribution in [2.75, 3.05) is 25.0 Å². The van der Waals surface area contributed by atoms with E-state index in [1.807, 2.05) is 6.20 Å². The average molecular weight is 452 g/mol. The van der Waals surface area contributed by atoms with Gasteiger partial charge in [-0.05, 0) is 45.4 Å². The summed E-state index contributed by atoms with van der Waals surface area (Å²) in [6.07, 6.45) is 8.68. The highest BCUT2D eigenvalue weighted by molar-refractivity contribution is 7.16. The Balaban J connectivity index is 1.44. The highest BCUT2D eigenvalue weighted by atomic mass is 32.1. The van der Waals surface area contributed by atoms with Crippen LogP contribution in [0.2, 0.25) is 0 Å². The Morgan fingerprint density at radius 3 is 2.78 bits per heavy atom. The largest absolute Gasteiger partial charge is 0.381 e. The van der Waals surface area contributed by atoms with Crippen molar-refractivity contribution >= 4 is 33.1 Å². The highest BCUT2D eigenvalue weighted by Crippen LogP contribution is 2.30. The van der Waals surface area contributed by atoms with Gasteiger partial charge in [0.05, 0.1) is 4.88 Å². The number of aromatic amines is 1. The normalized spacial score (nSPS) is 20.6. The van der Waals surface area contributed by atoms with Crippen molar-refractivity contribution in [1.82, 2.24) is 20.2 Å². The van der Waals surface area contributed by atoms with Crippen molar-refractivity contribution in [2.45, 2.75) is 64.6 Å². The molecule has 1 unspecified atom stereocenters. The number of para-hydroxylation sites is 1. The number of aromatic nitrogens is 2. The van der Waals surface area contributed by atoms with Crippen LogP contribution in [0.1, 0.15) is 50.5 Å². The Morgan fingerprint density at radius 2 is 2.03 bits per heavy atom. The van der Waals surface area contributed by atoms with Crippen LogP contribution in [0.25, 0.3) is 16.6 Å². The summed E-state index contributed by atoms with van der Waals surface area (Å²) in [4.78, 5) is 14.2. The van der Waals surface area contributed by atoms with Gasteiger partial charge in [0.1, 0.15) is 0 Å². The first-order valence-corrected chi connectivity index (χ1v) is 12.7. The minimum atomic E-state index is 0.357. The molecule has 5 nitrogen and oxygen atoms in total. The van der Waals surface area contributed by atoms with E-state index in [1.54, 1.807) is 11.3 Å². The average Bonchev–Trinajstić information content (AvgIpc) is 3.43. The van der Waals surface area contributed by atoms with Gasteiger partial charge in [0, 0.05) is 60.2 Å². The van der Waals surface area contributed by atoms with E-state index in [4.69, 9.17) is 4.98 Å². The molecule has 1 aliphatic heterocycles. The van der Waals surface area contributed by atoms with Crippen LogP contribution in [-0.4, -0.2) is 53.1 Å². The first-order valence-electron chi connectivity index (χ1n) is 11.9. The number of nitrogens with zero attached hydrogens (tertiary/aromatic N) is 3. The Hall–Kier alpha value is -2.31. The number of piperazine rings is 1. The first kappa shape index (κ1) is 22.9. The van der Waals surface area contributed by atoms with Crippen molar-refractivity contribution < 1.29 is 0 Å². The molecule has 1 aromatic carbocycles. The van der Waals surface area contributed by atoms with Crippen molar-refractivity contribution in [2.24, 2.45) is 0 Å². The fraction of sp³-hybridized carbons (Fsp3) is 0.500. The summed E-state index contributed by atoms with van der Waals surface area (Å²) in [5, 5.41) is 6.17. The molecule has 1 aliphatic rings. The van der Waals surface area contributed by atoms with E-state index in [-0.39, 0.29) is 0 Å². The number of likely N-dealkylation sites (N-methyl/N-ethyl adjacent to an activating group) is 1. The Kier molecular flexibility index (Phi) is 7.21. The van der Waals surface area contributed by atoms with Gasteiger partial charge in [0.15, 0.2) is 5.13 Å². The van der Waals surface area contributed by atoms with Crippen molar-refractivity contribution in [3.63, 3.8) is 0 Å². The van der Waals surface area contributed by atoms with Crippen molar-refractivity contribution in [3.8, 4) is 0 Å². The zero-order valence-electron chi connectivity index (χ0n) is 19.9. The minimum Gasteiger partial charge on any atom is -0.381 e. The summed E-state index contributed by atoms with van der Waals surface area (Å²) >= 11 is 1.76. The van der Waals surface area contributed by atoms with E-state index in [0.29, 0.717) is 18.1 Å². The van der Waals surface area contributed by atoms with E-state index in [9.17, 15) is 0 Å². The van der Waals surface area contributed by atoms with Gasteiger partial charge < -0.3 is 15.2 Å². The maximum Gasteiger partial charge on any atom is 0.186 e. The van der Waals surface area contributed by atoms with Gasteiger partial charge in [-0.25, -0.2) is 4.98 Å². The van der Waals surface area contributed by atoms with Crippen LogP contribution in [0.3, 0.4) is 0 Å². The molecule has 0 bridgehead atoms. The lowest BCUT2D eigenvalue weighted by Crippen LogP contribution is -2.55. The Labute approximate surface area is 196 Å². The molecule has 2 N–H and O–H groups in total. The van der Waals surface area contributed by atoms with E-state index in [2.05, 4.69) is 85.0 Å². The molecule has 172 valence electrons. The molecule has 0 spiro atoms. The van der Waals surface area contributed by atoms with E-state index in [0.717, 1.165) is 41.6 Å². The number of anilines is 1. The molecular weight excluding hydrogens is 414 g/mol. The molecule has 32 heavy (non-hydrogen) atoms. The number of benzene rings is 1. The predicted octanol–water partition coefficient (Wildman–Crippen LogP) is 5.52. The van der Waals surface area contributed by atoms with Crippen LogP contribution in [0.15, 0.2) is 43.2 Å². The lowest BCUT2D eigenvalue weighted by atomic mass is 10.00. The standard InChI is InChI=1S/C26H37N5S/c1-6-7-10-22(13-21-14-27-24-12-9-8-11-23(21)24)29-20(4)25-15-28-26(32-25)31-16-18(2)30(5)19(3)17-31/h8-9,11-12,14-15,18-19,22,27,29H,4,6-7,10,13,16-17H2,1-3,5H3/t18-,19+,22?. The summed E-state index contributed by atoms with van der Waals surface area (Å²) in [5.74, 6) is 0. The number of unbranched alkanes of at least 4 members (excludes halogenated alkanes) is 1. The third-order valence-electron chi connectivity index (χ3n) is 6.85. The number of rotatable bonds is 9. The van der Waals surface area contributed by atoms with Gasteiger partial charge in [0.2, 0.25) is 0 Å². The number of hydrogen-bond donors (Lipinski definition) is 2. The van der Waals surface area contributed by atoms with Gasteiger partial charge in [-0.15, -0.1) is 0 Å². The molecule has 4 rings (SSSR count). The van der Waals surface area contributed by atoms with Crippen LogP contribution < -0.4 is 10.2 Å². The molecule has 1 saturated heterocycles. The summed E-state index contributed by atoms with van der Waals surface area (Å²) < 4.78 is 0. The van der Waals surface area contributed by atoms with Gasteiger partial charge in [-0.3, -0.25) is 4.90 Å². The van der Waals surface area contributed by atoms with Gasteiger partial charge >= 0.3 is 0 Å². The number of hydrogen-bond acceptors (Lipinski definition) is 5. The molecule has 0 saturated carbocycles. The van der Waals surface area contributed by atoms with Gasteiger partial charge in [-0.2, -0.15) is 0 Å². The lowest BCUT2D eigenvalue weighted by molar-refractivity contribution is 0.170. The molecule has 1 fully saturated rings. The second-order valence-corrected chi connectivity index (χ2v) is 10.3. The molecule has 2 aromatic heterocycles. The molecule has 0 radical (unpaired) electrons. The topological polar surface area (TPSA) is 47.2 Å². The number of H-pyrrole nitrogens is 1. The minimum absolute atomic E-state index is 0.357. The predicted molar refractivity (Wildman–Crippen MR) is 138 cm³/mol. The highest BCUT2D eigenvalue weighted by Gasteiger charge is 2.28. The zero-order valence-corrected chi connectivity index (χ0v) is 20.7. The van der Waals surface area contributed by atoms with Crippen LogP contribution in [0.5, 0.6) is 0 Å².